The molecule has 0 spiro atoms. The zero-order valence-corrected chi connectivity index (χ0v) is 10.8. The van der Waals surface area contributed by atoms with Crippen LogP contribution in [0.25, 0.3) is 0 Å². The first kappa shape index (κ1) is 13.0. The lowest BCUT2D eigenvalue weighted by molar-refractivity contribution is -0.129. The zero-order chi connectivity index (χ0) is 13.2. The maximum Gasteiger partial charge on any atom is 0.244 e. The van der Waals surface area contributed by atoms with E-state index < -0.39 is 6.04 Å². The fraction of sp³-hybridized carbons (Fsp3) is 0.545. The number of hydrogen-bond donors (Lipinski definition) is 1. The van der Waals surface area contributed by atoms with Gasteiger partial charge in [0.1, 0.15) is 23.5 Å². The van der Waals surface area contributed by atoms with Gasteiger partial charge < -0.3 is 10.2 Å². The van der Waals surface area contributed by atoms with Crippen LogP contribution in [0.5, 0.6) is 0 Å². The second kappa shape index (κ2) is 4.87. The maximum absolute atomic E-state index is 11.7. The van der Waals surface area contributed by atoms with Crippen LogP contribution in [0.2, 0.25) is 0 Å². The highest BCUT2D eigenvalue weighted by molar-refractivity contribution is 5.84. The highest BCUT2D eigenvalue weighted by atomic mass is 16.2. The van der Waals surface area contributed by atoms with Crippen LogP contribution >= 0.6 is 0 Å². The molecule has 0 aliphatic carbocycles. The molecule has 0 radical (unpaired) electrons. The average molecular weight is 235 g/mol. The molecule has 6 heteroatoms. The van der Waals surface area contributed by atoms with Crippen LogP contribution in [-0.4, -0.2) is 40.7 Å². The number of amides is 1. The molecular formula is C11H17N5O. The fourth-order valence-corrected chi connectivity index (χ4v) is 1.61. The molecule has 1 atom stereocenters. The summed E-state index contributed by atoms with van der Waals surface area (Å²) in [6.07, 6.45) is 0. The summed E-state index contributed by atoms with van der Waals surface area (Å²) in [4.78, 5) is 13.2. The van der Waals surface area contributed by atoms with Crippen molar-refractivity contribution in [2.75, 3.05) is 19.4 Å². The number of aryl methyl sites for hydroxylation is 2. The van der Waals surface area contributed by atoms with Crippen molar-refractivity contribution in [1.82, 2.24) is 14.7 Å². The summed E-state index contributed by atoms with van der Waals surface area (Å²) in [5.41, 5.74) is 1.13. The third-order valence-corrected chi connectivity index (χ3v) is 2.50. The third kappa shape index (κ3) is 2.56. The van der Waals surface area contributed by atoms with Gasteiger partial charge in [-0.25, -0.2) is 0 Å². The van der Waals surface area contributed by atoms with Crippen LogP contribution in [-0.2, 0) is 11.8 Å². The van der Waals surface area contributed by atoms with Crippen molar-refractivity contribution in [2.24, 2.45) is 7.05 Å². The summed E-state index contributed by atoms with van der Waals surface area (Å²) in [7, 11) is 5.13. The lowest BCUT2D eigenvalue weighted by Gasteiger charge is -2.19. The maximum atomic E-state index is 11.7. The first-order chi connectivity index (χ1) is 7.88. The lowest BCUT2D eigenvalue weighted by Crippen LogP contribution is -2.37. The van der Waals surface area contributed by atoms with Gasteiger partial charge in [-0.15, -0.1) is 0 Å². The van der Waals surface area contributed by atoms with Gasteiger partial charge in [0.25, 0.3) is 0 Å². The minimum Gasteiger partial charge on any atom is -0.358 e. The number of carbonyl (C=O) groups is 1. The van der Waals surface area contributed by atoms with Crippen LogP contribution < -0.4 is 5.32 Å². The number of nitrogens with zero attached hydrogens (tertiary/aromatic N) is 4. The molecule has 0 aromatic carbocycles. The summed E-state index contributed by atoms with van der Waals surface area (Å²) in [6, 6.07) is 1.69. The van der Waals surface area contributed by atoms with Gasteiger partial charge >= 0.3 is 0 Å². The summed E-state index contributed by atoms with van der Waals surface area (Å²) in [5, 5.41) is 16.2. The Morgan fingerprint density at radius 3 is 2.65 bits per heavy atom. The molecule has 0 fully saturated rings. The quantitative estimate of drug-likeness (QED) is 0.827. The van der Waals surface area contributed by atoms with E-state index in [9.17, 15) is 4.79 Å². The molecule has 0 saturated heterocycles. The molecule has 0 bridgehead atoms. The topological polar surface area (TPSA) is 74.0 Å². The van der Waals surface area contributed by atoms with Gasteiger partial charge in [0.2, 0.25) is 5.91 Å². The van der Waals surface area contributed by atoms with Crippen molar-refractivity contribution in [2.45, 2.75) is 19.9 Å². The van der Waals surface area contributed by atoms with Gasteiger partial charge in [-0.3, -0.25) is 9.48 Å². The van der Waals surface area contributed by atoms with Gasteiger partial charge in [-0.05, 0) is 13.8 Å². The number of hydrogen-bond acceptors (Lipinski definition) is 4. The Hall–Kier alpha value is -2.03. The number of anilines is 1. The van der Waals surface area contributed by atoms with Crippen molar-refractivity contribution in [3.63, 3.8) is 0 Å². The molecule has 6 nitrogen and oxygen atoms in total. The van der Waals surface area contributed by atoms with Crippen LogP contribution in [0.1, 0.15) is 18.2 Å². The van der Waals surface area contributed by atoms with Crippen molar-refractivity contribution >= 4 is 11.7 Å². The lowest BCUT2D eigenvalue weighted by atomic mass is 10.2. The smallest absolute Gasteiger partial charge is 0.244 e. The molecule has 1 N–H and O–H groups in total. The van der Waals surface area contributed by atoms with Crippen LogP contribution in [0.4, 0.5) is 5.82 Å². The Kier molecular flexibility index (Phi) is 3.73. The van der Waals surface area contributed by atoms with E-state index in [0.717, 1.165) is 0 Å². The molecule has 0 aliphatic heterocycles. The van der Waals surface area contributed by atoms with Crippen molar-refractivity contribution in [3.05, 3.63) is 11.3 Å². The number of aromatic nitrogens is 2. The molecule has 1 heterocycles. The van der Waals surface area contributed by atoms with Crippen LogP contribution in [0.15, 0.2) is 0 Å². The first-order valence-electron chi connectivity index (χ1n) is 5.29. The van der Waals surface area contributed by atoms with Gasteiger partial charge in [0, 0.05) is 21.1 Å². The Morgan fingerprint density at radius 1 is 1.59 bits per heavy atom. The highest BCUT2D eigenvalue weighted by Gasteiger charge is 2.19. The molecular weight excluding hydrogens is 218 g/mol. The van der Waals surface area contributed by atoms with E-state index >= 15 is 0 Å². The molecule has 0 aliphatic rings. The Labute approximate surface area is 101 Å². The molecule has 1 aromatic heterocycles. The van der Waals surface area contributed by atoms with Gasteiger partial charge in [0.15, 0.2) is 0 Å². The number of likely N-dealkylation sites (N-methyl/N-ethyl adjacent to an activating group) is 1. The summed E-state index contributed by atoms with van der Waals surface area (Å²) in [5.74, 6) is 0.528. The summed E-state index contributed by atoms with van der Waals surface area (Å²) >= 11 is 0. The van der Waals surface area contributed by atoms with Gasteiger partial charge in [0.05, 0.1) is 5.69 Å². The summed E-state index contributed by atoms with van der Waals surface area (Å²) in [6.45, 7) is 3.52. The standard InChI is InChI=1S/C11H17N5O/c1-7-9(6-12)10(16(5)14-7)13-8(2)11(17)15(3)4/h8,13H,1-5H3. The summed E-state index contributed by atoms with van der Waals surface area (Å²) < 4.78 is 1.58. The molecule has 1 amide bonds. The zero-order valence-electron chi connectivity index (χ0n) is 10.8. The molecule has 92 valence electrons. The van der Waals surface area contributed by atoms with Crippen molar-refractivity contribution in [1.29, 1.82) is 5.26 Å². The number of rotatable bonds is 3. The number of nitriles is 1. The predicted molar refractivity (Wildman–Crippen MR) is 64.4 cm³/mol. The predicted octanol–water partition coefficient (Wildman–Crippen LogP) is 0.489. The minimum atomic E-state index is -0.396. The highest BCUT2D eigenvalue weighted by Crippen LogP contribution is 2.18. The van der Waals surface area contributed by atoms with Gasteiger partial charge in [-0.2, -0.15) is 10.4 Å². The Morgan fingerprint density at radius 2 is 2.18 bits per heavy atom. The van der Waals surface area contributed by atoms with Crippen LogP contribution in [0.3, 0.4) is 0 Å². The van der Waals surface area contributed by atoms with E-state index in [0.29, 0.717) is 17.1 Å². The first-order valence-corrected chi connectivity index (χ1v) is 5.29. The SMILES string of the molecule is Cc1nn(C)c(NC(C)C(=O)N(C)C)c1C#N. The monoisotopic (exact) mass is 235 g/mol. The molecule has 17 heavy (non-hydrogen) atoms. The van der Waals surface area contributed by atoms with Crippen molar-refractivity contribution < 1.29 is 4.79 Å². The van der Waals surface area contributed by atoms with E-state index in [-0.39, 0.29) is 5.91 Å². The van der Waals surface area contributed by atoms with Crippen molar-refractivity contribution in [3.8, 4) is 6.07 Å². The normalized spacial score (nSPS) is 11.8. The Bertz CT molecular complexity index is 469. The second-order valence-corrected chi connectivity index (χ2v) is 4.14. The number of nitrogens with one attached hydrogen (secondary N) is 1. The molecule has 0 saturated carbocycles. The molecule has 1 unspecified atom stereocenters. The fourth-order valence-electron chi connectivity index (χ4n) is 1.61. The van der Waals surface area contributed by atoms with Gasteiger partial charge in [-0.1, -0.05) is 0 Å². The van der Waals surface area contributed by atoms with E-state index in [1.54, 1.807) is 39.7 Å². The molecule has 1 aromatic rings. The van der Waals surface area contributed by atoms with E-state index in [4.69, 9.17) is 5.26 Å². The van der Waals surface area contributed by atoms with E-state index in [2.05, 4.69) is 16.5 Å². The minimum absolute atomic E-state index is 0.0484. The average Bonchev–Trinajstić information content (AvgIpc) is 2.52. The third-order valence-electron chi connectivity index (χ3n) is 2.50. The van der Waals surface area contributed by atoms with E-state index in [1.807, 2.05) is 0 Å². The Balaban J connectivity index is 2.97. The largest absolute Gasteiger partial charge is 0.358 e. The van der Waals surface area contributed by atoms with Crippen LogP contribution in [0, 0.1) is 18.3 Å². The van der Waals surface area contributed by atoms with E-state index in [1.165, 1.54) is 4.90 Å². The second-order valence-electron chi connectivity index (χ2n) is 4.14. The number of carbonyl (C=O) groups excluding carboxylic acids is 1. The molecule has 1 rings (SSSR count).